The molecule has 0 amide bonds. The Balaban J connectivity index is 3.16. The predicted molar refractivity (Wildman–Crippen MR) is 68.5 cm³/mol. The van der Waals surface area contributed by atoms with E-state index >= 15 is 0 Å². The van der Waals surface area contributed by atoms with E-state index in [1.54, 1.807) is 12.1 Å². The Bertz CT molecular complexity index is 388. The van der Waals surface area contributed by atoms with E-state index in [0.29, 0.717) is 16.3 Å². The topological polar surface area (TPSA) is 26.3 Å². The summed E-state index contributed by atoms with van der Waals surface area (Å²) in [5.74, 6) is 0.598. The average molecular weight is 308 g/mol. The first-order chi connectivity index (χ1) is 6.83. The summed E-state index contributed by atoms with van der Waals surface area (Å²) in [6, 6.07) is 3.35. The van der Waals surface area contributed by atoms with E-state index in [9.17, 15) is 4.79 Å². The molecule has 0 aliphatic heterocycles. The molecule has 0 bridgehead atoms. The van der Waals surface area contributed by atoms with Crippen LogP contribution in [0.15, 0.2) is 16.6 Å². The van der Waals surface area contributed by atoms with Crippen LogP contribution in [0.5, 0.6) is 5.75 Å². The third-order valence-corrected chi connectivity index (χ3v) is 3.63. The average Bonchev–Trinajstić information content (AvgIpc) is 2.08. The van der Waals surface area contributed by atoms with Crippen molar-refractivity contribution in [1.82, 2.24) is 0 Å². The molecule has 0 saturated heterocycles. The van der Waals surface area contributed by atoms with Gasteiger partial charge in [-0.1, -0.05) is 11.6 Å². The van der Waals surface area contributed by atoms with Crippen molar-refractivity contribution >= 4 is 42.1 Å². The van der Waals surface area contributed by atoms with Gasteiger partial charge in [0.05, 0.1) is 10.6 Å². The minimum absolute atomic E-state index is 0.491. The molecule has 0 aromatic heterocycles. The monoisotopic (exact) mass is 306 g/mol. The minimum Gasteiger partial charge on any atom is -0.544 e. The molecule has 1 aromatic carbocycles. The molecule has 0 aliphatic carbocycles. The summed E-state index contributed by atoms with van der Waals surface area (Å²) in [6.45, 7) is 6.18. The number of hydrogen-bond acceptors (Lipinski definition) is 2. The lowest BCUT2D eigenvalue weighted by atomic mass is 10.2. The molecule has 0 unspecified atom stereocenters. The van der Waals surface area contributed by atoms with Crippen LogP contribution < -0.4 is 4.43 Å². The maximum Gasteiger partial charge on any atom is 0.242 e. The largest absolute Gasteiger partial charge is 0.544 e. The van der Waals surface area contributed by atoms with Gasteiger partial charge in [-0.25, -0.2) is 0 Å². The summed E-state index contributed by atoms with van der Waals surface area (Å²) in [6.07, 6.45) is 0.758. The highest BCUT2D eigenvalue weighted by molar-refractivity contribution is 9.10. The van der Waals surface area contributed by atoms with Crippen LogP contribution in [-0.2, 0) is 0 Å². The van der Waals surface area contributed by atoms with Crippen molar-refractivity contribution in [3.8, 4) is 5.75 Å². The van der Waals surface area contributed by atoms with Crippen molar-refractivity contribution in [3.63, 3.8) is 0 Å². The molecule has 0 heterocycles. The fourth-order valence-electron chi connectivity index (χ4n) is 1.05. The van der Waals surface area contributed by atoms with Crippen molar-refractivity contribution < 1.29 is 9.22 Å². The van der Waals surface area contributed by atoms with Gasteiger partial charge in [0, 0.05) is 4.47 Å². The molecule has 0 atom stereocenters. The van der Waals surface area contributed by atoms with Gasteiger partial charge in [-0.3, -0.25) is 4.79 Å². The predicted octanol–water partition coefficient (Wildman–Crippen LogP) is 4.13. The normalized spacial score (nSPS) is 11.3. The molecule has 0 saturated carbocycles. The number of benzene rings is 1. The van der Waals surface area contributed by atoms with Gasteiger partial charge >= 0.3 is 0 Å². The smallest absolute Gasteiger partial charge is 0.242 e. The highest BCUT2D eigenvalue weighted by atomic mass is 79.9. The van der Waals surface area contributed by atoms with Crippen molar-refractivity contribution in [2.45, 2.75) is 19.6 Å². The zero-order chi connectivity index (χ0) is 11.6. The molecular weight excluding hydrogens is 296 g/mol. The molecule has 0 radical (unpaired) electrons. The first kappa shape index (κ1) is 12.7. The molecule has 0 N–H and O–H groups in total. The van der Waals surface area contributed by atoms with Crippen molar-refractivity contribution in [2.24, 2.45) is 0 Å². The summed E-state index contributed by atoms with van der Waals surface area (Å²) in [7, 11) is -1.71. The molecule has 0 aliphatic rings. The Kier molecular flexibility index (Phi) is 3.97. The van der Waals surface area contributed by atoms with E-state index < -0.39 is 8.32 Å². The fraction of sp³-hybridized carbons (Fsp3) is 0.300. The number of hydrogen-bond donors (Lipinski definition) is 0. The molecule has 82 valence electrons. The third kappa shape index (κ3) is 3.63. The van der Waals surface area contributed by atoms with E-state index in [-0.39, 0.29) is 0 Å². The Morgan fingerprint density at radius 1 is 1.40 bits per heavy atom. The first-order valence-electron chi connectivity index (χ1n) is 4.47. The molecule has 2 nitrogen and oxygen atoms in total. The summed E-state index contributed by atoms with van der Waals surface area (Å²) < 4.78 is 6.52. The quantitative estimate of drug-likeness (QED) is 0.620. The zero-order valence-corrected chi connectivity index (χ0v) is 12.1. The van der Waals surface area contributed by atoms with E-state index in [0.717, 1.165) is 10.8 Å². The molecule has 0 spiro atoms. The summed E-state index contributed by atoms with van der Waals surface area (Å²) in [5.41, 5.74) is 0.491. The molecule has 5 heteroatoms. The standard InChI is InChI=1S/C10H12BrClO2Si/c1-15(2,3)14-10-5-8(11)9(12)4-7(10)6-13/h4-6H,1-3H3. The number of carbonyl (C=O) groups is 1. The highest BCUT2D eigenvalue weighted by Crippen LogP contribution is 2.31. The molecule has 1 rings (SSSR count). The Labute approximate surface area is 104 Å². The molecule has 15 heavy (non-hydrogen) atoms. The molecular formula is C10H12BrClO2Si. The summed E-state index contributed by atoms with van der Waals surface area (Å²) in [5, 5.41) is 0.514. The van der Waals surface area contributed by atoms with Crippen LogP contribution in [0.3, 0.4) is 0 Å². The van der Waals surface area contributed by atoms with Gasteiger partial charge in [0.2, 0.25) is 8.32 Å². The van der Waals surface area contributed by atoms with Crippen molar-refractivity contribution in [1.29, 1.82) is 0 Å². The SMILES string of the molecule is C[Si](C)(C)Oc1cc(Br)c(Cl)cc1C=O. The minimum atomic E-state index is -1.71. The van der Waals surface area contributed by atoms with Gasteiger partial charge in [-0.05, 0) is 47.7 Å². The number of rotatable bonds is 3. The molecule has 1 aromatic rings. The van der Waals surface area contributed by atoms with Gasteiger partial charge < -0.3 is 4.43 Å². The Morgan fingerprint density at radius 3 is 2.47 bits per heavy atom. The lowest BCUT2D eigenvalue weighted by Crippen LogP contribution is -2.29. The number of halogens is 2. The van der Waals surface area contributed by atoms with Crippen LogP contribution >= 0.6 is 27.5 Å². The lowest BCUT2D eigenvalue weighted by molar-refractivity contribution is 0.112. The van der Waals surface area contributed by atoms with E-state index in [4.69, 9.17) is 16.0 Å². The van der Waals surface area contributed by atoms with E-state index in [2.05, 4.69) is 35.6 Å². The Morgan fingerprint density at radius 2 is 2.00 bits per heavy atom. The molecule has 0 fully saturated rings. The maximum absolute atomic E-state index is 10.8. The van der Waals surface area contributed by atoms with Gasteiger partial charge in [0.1, 0.15) is 5.75 Å². The van der Waals surface area contributed by atoms with Gasteiger partial charge in [-0.15, -0.1) is 0 Å². The second kappa shape index (κ2) is 4.68. The summed E-state index contributed by atoms with van der Waals surface area (Å²) >= 11 is 9.19. The van der Waals surface area contributed by atoms with Gasteiger partial charge in [0.15, 0.2) is 6.29 Å². The van der Waals surface area contributed by atoms with Crippen molar-refractivity contribution in [3.05, 3.63) is 27.2 Å². The number of carbonyl (C=O) groups excluding carboxylic acids is 1. The highest BCUT2D eigenvalue weighted by Gasteiger charge is 2.19. The fourth-order valence-corrected chi connectivity index (χ4v) is 2.39. The second-order valence-electron chi connectivity index (χ2n) is 4.14. The van der Waals surface area contributed by atoms with Crippen LogP contribution in [0.1, 0.15) is 10.4 Å². The van der Waals surface area contributed by atoms with Gasteiger partial charge in [-0.2, -0.15) is 0 Å². The van der Waals surface area contributed by atoms with Crippen LogP contribution in [0.25, 0.3) is 0 Å². The van der Waals surface area contributed by atoms with Crippen LogP contribution in [0.2, 0.25) is 24.7 Å². The van der Waals surface area contributed by atoms with Crippen LogP contribution in [0.4, 0.5) is 0 Å². The first-order valence-corrected chi connectivity index (χ1v) is 9.04. The van der Waals surface area contributed by atoms with E-state index in [1.807, 2.05) is 0 Å². The summed E-state index contributed by atoms with van der Waals surface area (Å²) in [4.78, 5) is 10.8. The lowest BCUT2D eigenvalue weighted by Gasteiger charge is -2.20. The second-order valence-corrected chi connectivity index (χ2v) is 9.83. The Hall–Kier alpha value is -0.323. The third-order valence-electron chi connectivity index (χ3n) is 1.60. The van der Waals surface area contributed by atoms with Crippen molar-refractivity contribution in [2.75, 3.05) is 0 Å². The maximum atomic E-state index is 10.8. The number of aldehydes is 1. The van der Waals surface area contributed by atoms with Gasteiger partial charge in [0.25, 0.3) is 0 Å². The van der Waals surface area contributed by atoms with Crippen LogP contribution in [0, 0.1) is 0 Å². The zero-order valence-electron chi connectivity index (χ0n) is 8.80. The van der Waals surface area contributed by atoms with Crippen LogP contribution in [-0.4, -0.2) is 14.6 Å². The van der Waals surface area contributed by atoms with E-state index in [1.165, 1.54) is 0 Å².